The zero-order chi connectivity index (χ0) is 23.8. The van der Waals surface area contributed by atoms with Crippen LogP contribution in [0.1, 0.15) is 26.3 Å². The van der Waals surface area contributed by atoms with Gasteiger partial charge in [0.2, 0.25) is 10.5 Å². The Morgan fingerprint density at radius 3 is 2.33 bits per heavy atom. The molecule has 7 nitrogen and oxygen atoms in total. The molecular weight excluding hydrogens is 506 g/mol. The second-order valence-corrected chi connectivity index (χ2v) is 9.64. The molecule has 1 N–H and O–H groups in total. The Morgan fingerprint density at radius 1 is 0.970 bits per heavy atom. The monoisotopic (exact) mass is 533 g/mol. The van der Waals surface area contributed by atoms with Crippen molar-refractivity contribution in [3.8, 4) is 23.1 Å². The van der Waals surface area contributed by atoms with Gasteiger partial charge in [-0.25, -0.2) is 0 Å². The molecular formula is C24H28BrN3O4S. The van der Waals surface area contributed by atoms with Crippen molar-refractivity contribution in [2.45, 2.75) is 38.2 Å². The fourth-order valence-corrected chi connectivity index (χ4v) is 3.64. The first-order valence-corrected chi connectivity index (χ1v) is 12.0. The lowest BCUT2D eigenvalue weighted by atomic mass is 10.2. The van der Waals surface area contributed by atoms with E-state index in [1.165, 1.54) is 17.5 Å². The summed E-state index contributed by atoms with van der Waals surface area (Å²) in [6.45, 7) is 8.74. The minimum atomic E-state index is -0.260. The number of hydrogen-bond acceptors (Lipinski definition) is 8. The molecule has 0 aliphatic heterocycles. The van der Waals surface area contributed by atoms with Crippen LogP contribution in [0.25, 0.3) is 0 Å². The average Bonchev–Trinajstić information content (AvgIpc) is 2.77. The van der Waals surface area contributed by atoms with Crippen molar-refractivity contribution in [1.29, 1.82) is 0 Å². The van der Waals surface area contributed by atoms with Crippen molar-refractivity contribution in [2.24, 2.45) is 0 Å². The maximum atomic E-state index is 6.21. The van der Waals surface area contributed by atoms with Crippen molar-refractivity contribution in [2.75, 3.05) is 25.0 Å². The van der Waals surface area contributed by atoms with E-state index in [-0.39, 0.29) is 11.5 Å². The number of ether oxygens (including phenoxy) is 4. The number of methoxy groups -OCH3 is 1. The highest BCUT2D eigenvalue weighted by atomic mass is 79.9. The summed E-state index contributed by atoms with van der Waals surface area (Å²) in [7, 11) is 1.59. The van der Waals surface area contributed by atoms with Gasteiger partial charge in [-0.1, -0.05) is 29.8 Å². The van der Waals surface area contributed by atoms with E-state index in [0.717, 1.165) is 4.90 Å². The van der Waals surface area contributed by atoms with E-state index in [9.17, 15) is 0 Å². The fraction of sp³-hybridized carbons (Fsp3) is 0.333. The first-order chi connectivity index (χ1) is 15.7. The first-order valence-electron chi connectivity index (χ1n) is 10.4. The summed E-state index contributed by atoms with van der Waals surface area (Å²) in [5, 5.41) is 0. The lowest BCUT2D eigenvalue weighted by molar-refractivity contribution is -0.0170. The topological polar surface area (TPSA) is 74.7 Å². The lowest BCUT2D eigenvalue weighted by Gasteiger charge is -2.20. The average molecular weight is 534 g/mol. The molecule has 9 heteroatoms. The highest BCUT2D eigenvalue weighted by Crippen LogP contribution is 2.41. The van der Waals surface area contributed by atoms with Gasteiger partial charge in [-0.05, 0) is 79.8 Å². The van der Waals surface area contributed by atoms with Crippen LogP contribution < -0.4 is 18.9 Å². The molecule has 0 aliphatic rings. The van der Waals surface area contributed by atoms with Crippen LogP contribution in [-0.4, -0.2) is 35.9 Å². The third-order valence-electron chi connectivity index (χ3n) is 4.23. The van der Waals surface area contributed by atoms with Crippen LogP contribution in [0, 0.1) is 6.92 Å². The van der Waals surface area contributed by atoms with E-state index in [0.29, 0.717) is 41.0 Å². The van der Waals surface area contributed by atoms with Crippen molar-refractivity contribution in [3.05, 3.63) is 58.8 Å². The summed E-state index contributed by atoms with van der Waals surface area (Å²) < 4.78 is 27.0. The standard InChI is InChI=1S/C24H28BrN3O4S/c1-16-10-12-17(13-11-16)33-28-21-20(32-19-9-7-6-8-18(19)29-5)22(27-23(25)26-21)30-14-15-31-24(2,3)4/h6-13H,14-15H2,1-5H3,(H,26,27,28). The number of rotatable bonds is 10. The molecule has 3 rings (SSSR count). The highest BCUT2D eigenvalue weighted by molar-refractivity contribution is 9.10. The predicted octanol–water partition coefficient (Wildman–Crippen LogP) is 6.66. The second-order valence-electron chi connectivity index (χ2n) is 8.05. The number of benzene rings is 2. The summed E-state index contributed by atoms with van der Waals surface area (Å²) in [6.07, 6.45) is 0. The molecule has 1 aromatic heterocycles. The number of halogens is 1. The number of nitrogens with zero attached hydrogens (tertiary/aromatic N) is 2. The van der Waals surface area contributed by atoms with Crippen LogP contribution in [0.15, 0.2) is 58.2 Å². The van der Waals surface area contributed by atoms with Gasteiger partial charge in [0.15, 0.2) is 17.3 Å². The quantitative estimate of drug-likeness (QED) is 0.176. The van der Waals surface area contributed by atoms with E-state index >= 15 is 0 Å². The number of anilines is 1. The van der Waals surface area contributed by atoms with Crippen LogP contribution in [0.4, 0.5) is 5.82 Å². The molecule has 0 bridgehead atoms. The molecule has 176 valence electrons. The third kappa shape index (κ3) is 7.80. The largest absolute Gasteiger partial charge is 0.493 e. The van der Waals surface area contributed by atoms with Crippen LogP contribution in [0.3, 0.4) is 0 Å². The van der Waals surface area contributed by atoms with Gasteiger partial charge in [0, 0.05) is 4.90 Å². The summed E-state index contributed by atoms with van der Waals surface area (Å²) in [5.74, 6) is 2.19. The normalized spacial score (nSPS) is 11.2. The third-order valence-corrected chi connectivity index (χ3v) is 5.39. The molecule has 0 atom stereocenters. The molecule has 0 aliphatic carbocycles. The van der Waals surface area contributed by atoms with E-state index < -0.39 is 0 Å². The van der Waals surface area contributed by atoms with Crippen molar-refractivity contribution >= 4 is 33.7 Å². The van der Waals surface area contributed by atoms with Crippen molar-refractivity contribution in [1.82, 2.24) is 9.97 Å². The van der Waals surface area contributed by atoms with Gasteiger partial charge in [0.05, 0.1) is 19.3 Å². The smallest absolute Gasteiger partial charge is 0.264 e. The predicted molar refractivity (Wildman–Crippen MR) is 135 cm³/mol. The van der Waals surface area contributed by atoms with Gasteiger partial charge in [0.25, 0.3) is 5.88 Å². The van der Waals surface area contributed by atoms with Crippen LogP contribution in [0.2, 0.25) is 0 Å². The highest BCUT2D eigenvalue weighted by Gasteiger charge is 2.20. The molecule has 0 fully saturated rings. The first kappa shape index (κ1) is 25.1. The molecule has 0 spiro atoms. The number of nitrogens with one attached hydrogen (secondary N) is 1. The minimum absolute atomic E-state index is 0.260. The number of hydrogen-bond donors (Lipinski definition) is 1. The Kier molecular flexibility index (Phi) is 8.82. The maximum absolute atomic E-state index is 6.21. The van der Waals surface area contributed by atoms with Crippen molar-refractivity contribution < 1.29 is 18.9 Å². The lowest BCUT2D eigenvalue weighted by Crippen LogP contribution is -2.22. The molecule has 2 aromatic carbocycles. The van der Waals surface area contributed by atoms with Gasteiger partial charge in [-0.3, -0.25) is 0 Å². The molecule has 0 saturated carbocycles. The fourth-order valence-electron chi connectivity index (χ4n) is 2.68. The number of aryl methyl sites for hydroxylation is 1. The van der Waals surface area contributed by atoms with Gasteiger partial charge in [0.1, 0.15) is 6.61 Å². The summed E-state index contributed by atoms with van der Waals surface area (Å²) >= 11 is 4.79. The summed E-state index contributed by atoms with van der Waals surface area (Å²) in [5.41, 5.74) is 0.932. The SMILES string of the molecule is COc1ccccc1Oc1c(NSc2ccc(C)cc2)nc(Br)nc1OCCOC(C)(C)C. The summed E-state index contributed by atoms with van der Waals surface area (Å²) in [4.78, 5) is 9.91. The Labute approximate surface area is 207 Å². The van der Waals surface area contributed by atoms with Crippen molar-refractivity contribution in [3.63, 3.8) is 0 Å². The van der Waals surface area contributed by atoms with Gasteiger partial charge in [-0.15, -0.1) is 0 Å². The van der Waals surface area contributed by atoms with E-state index in [2.05, 4.69) is 49.7 Å². The van der Waals surface area contributed by atoms with Gasteiger partial charge < -0.3 is 23.7 Å². The Morgan fingerprint density at radius 2 is 1.67 bits per heavy atom. The Hall–Kier alpha value is -2.49. The van der Waals surface area contributed by atoms with E-state index in [4.69, 9.17) is 18.9 Å². The maximum Gasteiger partial charge on any atom is 0.264 e. The molecule has 0 radical (unpaired) electrons. The van der Waals surface area contributed by atoms with Gasteiger partial charge >= 0.3 is 0 Å². The molecule has 0 saturated heterocycles. The van der Waals surface area contributed by atoms with Crippen LogP contribution in [0.5, 0.6) is 23.1 Å². The second kappa shape index (κ2) is 11.6. The van der Waals surface area contributed by atoms with E-state index in [1.54, 1.807) is 7.11 Å². The Balaban J connectivity index is 1.88. The zero-order valence-electron chi connectivity index (χ0n) is 19.3. The molecule has 3 aromatic rings. The van der Waals surface area contributed by atoms with Gasteiger partial charge in [-0.2, -0.15) is 9.97 Å². The van der Waals surface area contributed by atoms with Crippen LogP contribution in [-0.2, 0) is 4.74 Å². The molecule has 0 unspecified atom stereocenters. The Bertz CT molecular complexity index is 1060. The molecule has 0 amide bonds. The molecule has 33 heavy (non-hydrogen) atoms. The molecule has 1 heterocycles. The zero-order valence-corrected chi connectivity index (χ0v) is 21.7. The minimum Gasteiger partial charge on any atom is -0.493 e. The number of aromatic nitrogens is 2. The summed E-state index contributed by atoms with van der Waals surface area (Å²) in [6, 6.07) is 15.5. The number of para-hydroxylation sites is 2. The van der Waals surface area contributed by atoms with Crippen LogP contribution >= 0.6 is 27.9 Å². The van der Waals surface area contributed by atoms with E-state index in [1.807, 2.05) is 57.2 Å².